The molecule has 2 aromatic heterocycles. The Morgan fingerprint density at radius 3 is 2.43 bits per heavy atom. The monoisotopic (exact) mass is 396 g/mol. The number of carbonyl (C=O) groups is 1. The number of carbonyl (C=O) groups excluding carboxylic acids is 1. The molecule has 0 radical (unpaired) electrons. The molecule has 0 unspecified atom stereocenters. The number of aryl methyl sites for hydroxylation is 1. The zero-order chi connectivity index (χ0) is 19.5. The van der Waals surface area contributed by atoms with Crippen LogP contribution >= 0.6 is 11.3 Å². The van der Waals surface area contributed by atoms with Crippen molar-refractivity contribution >= 4 is 23.1 Å². The van der Waals surface area contributed by atoms with Crippen LogP contribution in [0.2, 0.25) is 0 Å². The van der Waals surface area contributed by atoms with Crippen LogP contribution in [0.15, 0.2) is 48.5 Å². The first-order valence-corrected chi connectivity index (χ1v) is 10.1. The Morgan fingerprint density at radius 1 is 1.07 bits per heavy atom. The van der Waals surface area contributed by atoms with Crippen molar-refractivity contribution in [2.75, 3.05) is 18.0 Å². The van der Waals surface area contributed by atoms with Crippen molar-refractivity contribution in [1.82, 2.24) is 15.5 Å². The van der Waals surface area contributed by atoms with Crippen molar-refractivity contribution in [3.63, 3.8) is 0 Å². The molecule has 3 heterocycles. The summed E-state index contributed by atoms with van der Waals surface area (Å²) in [4.78, 5) is 16.4. The molecule has 144 valence electrons. The predicted octanol–water partition coefficient (Wildman–Crippen LogP) is 4.05. The molecule has 1 N–H and O–H groups in total. The first kappa shape index (κ1) is 18.6. The Bertz CT molecular complexity index is 947. The van der Waals surface area contributed by atoms with Crippen molar-refractivity contribution in [3.05, 3.63) is 64.1 Å². The lowest BCUT2D eigenvalue weighted by molar-refractivity contribution is 0.0935. The number of benzene rings is 1. The molecule has 1 fully saturated rings. The maximum atomic E-state index is 13.0. The molecule has 4 rings (SSSR count). The lowest BCUT2D eigenvalue weighted by atomic mass is 10.0. The molecular weight excluding hydrogens is 375 g/mol. The Hall–Kier alpha value is -2.80. The number of anilines is 1. The van der Waals surface area contributed by atoms with E-state index in [0.717, 1.165) is 52.8 Å². The number of nitrogens with one attached hydrogen (secondary N) is 1. The van der Waals surface area contributed by atoms with Crippen LogP contribution < -0.4 is 10.2 Å². The minimum atomic E-state index is -0.266. The van der Waals surface area contributed by atoms with Crippen LogP contribution in [0.1, 0.15) is 27.4 Å². The van der Waals surface area contributed by atoms with Gasteiger partial charge < -0.3 is 10.2 Å². The highest BCUT2D eigenvalue weighted by atomic mass is 32.1. The maximum Gasteiger partial charge on any atom is 0.261 e. The number of rotatable bonds is 4. The van der Waals surface area contributed by atoms with Crippen molar-refractivity contribution in [3.8, 4) is 11.3 Å². The highest BCUT2D eigenvalue weighted by Gasteiger charge is 2.22. The molecule has 28 heavy (non-hydrogen) atoms. The summed E-state index contributed by atoms with van der Waals surface area (Å²) in [5, 5.41) is 11.7. The third-order valence-electron chi connectivity index (χ3n) is 4.91. The van der Waals surface area contributed by atoms with Crippen molar-refractivity contribution < 1.29 is 9.18 Å². The van der Waals surface area contributed by atoms with Gasteiger partial charge in [0.25, 0.3) is 5.91 Å². The Labute approximate surface area is 167 Å². The minimum absolute atomic E-state index is 0.0139. The van der Waals surface area contributed by atoms with E-state index in [1.165, 1.54) is 23.5 Å². The minimum Gasteiger partial charge on any atom is -0.355 e. The summed E-state index contributed by atoms with van der Waals surface area (Å²) in [5.41, 5.74) is 1.56. The number of amides is 1. The molecular formula is C21H21FN4OS. The molecule has 1 saturated heterocycles. The molecule has 1 amide bonds. The highest BCUT2D eigenvalue weighted by molar-refractivity contribution is 7.13. The number of halogens is 1. The van der Waals surface area contributed by atoms with Gasteiger partial charge in [-0.25, -0.2) is 4.39 Å². The summed E-state index contributed by atoms with van der Waals surface area (Å²) in [6, 6.07) is 14.1. The third kappa shape index (κ3) is 4.20. The second kappa shape index (κ2) is 8.06. The molecule has 0 spiro atoms. The number of nitrogens with zero attached hydrogens (tertiary/aromatic N) is 3. The summed E-state index contributed by atoms with van der Waals surface area (Å²) >= 11 is 1.52. The lowest BCUT2D eigenvalue weighted by Gasteiger charge is -2.32. The fourth-order valence-corrected chi connectivity index (χ4v) is 4.11. The second-order valence-electron chi connectivity index (χ2n) is 6.93. The number of hydrogen-bond donors (Lipinski definition) is 1. The van der Waals surface area contributed by atoms with Crippen LogP contribution in [-0.2, 0) is 0 Å². The summed E-state index contributed by atoms with van der Waals surface area (Å²) in [7, 11) is 0. The van der Waals surface area contributed by atoms with E-state index < -0.39 is 0 Å². The average molecular weight is 396 g/mol. The van der Waals surface area contributed by atoms with Crippen molar-refractivity contribution in [1.29, 1.82) is 0 Å². The summed E-state index contributed by atoms with van der Waals surface area (Å²) < 4.78 is 13.0. The molecule has 5 nitrogen and oxygen atoms in total. The van der Waals surface area contributed by atoms with Gasteiger partial charge in [-0.1, -0.05) is 0 Å². The normalized spacial score (nSPS) is 14.9. The quantitative estimate of drug-likeness (QED) is 0.723. The standard InChI is InChI=1S/C21H21FN4OS/c1-14-2-8-19(28-14)21(27)23-17-10-12-26(13-11-17)20-9-7-18(24-25-20)15-3-5-16(22)6-4-15/h2-9,17H,10-13H2,1H3,(H,23,27). The molecule has 1 aromatic carbocycles. The van der Waals surface area contributed by atoms with Crippen LogP contribution in [-0.4, -0.2) is 35.2 Å². The molecule has 0 saturated carbocycles. The molecule has 3 aromatic rings. The van der Waals surface area contributed by atoms with E-state index >= 15 is 0 Å². The number of hydrogen-bond acceptors (Lipinski definition) is 5. The predicted molar refractivity (Wildman–Crippen MR) is 109 cm³/mol. The van der Waals surface area contributed by atoms with Gasteiger partial charge in [0, 0.05) is 29.6 Å². The van der Waals surface area contributed by atoms with E-state index in [1.807, 2.05) is 31.2 Å². The Balaban J connectivity index is 1.33. The fraction of sp³-hybridized carbons (Fsp3) is 0.286. The van der Waals surface area contributed by atoms with Gasteiger partial charge in [-0.05, 0) is 68.3 Å². The van der Waals surface area contributed by atoms with Gasteiger partial charge >= 0.3 is 0 Å². The topological polar surface area (TPSA) is 58.1 Å². The van der Waals surface area contributed by atoms with Gasteiger partial charge in [0.15, 0.2) is 5.82 Å². The van der Waals surface area contributed by atoms with Gasteiger partial charge in [0.05, 0.1) is 10.6 Å². The van der Waals surface area contributed by atoms with Crippen LogP contribution in [0.4, 0.5) is 10.2 Å². The van der Waals surface area contributed by atoms with Gasteiger partial charge in [-0.3, -0.25) is 4.79 Å². The van der Waals surface area contributed by atoms with E-state index in [9.17, 15) is 9.18 Å². The van der Waals surface area contributed by atoms with E-state index in [0.29, 0.717) is 0 Å². The highest BCUT2D eigenvalue weighted by Crippen LogP contribution is 2.22. The van der Waals surface area contributed by atoms with Crippen LogP contribution in [0, 0.1) is 12.7 Å². The number of piperidine rings is 1. The largest absolute Gasteiger partial charge is 0.355 e. The maximum absolute atomic E-state index is 13.0. The summed E-state index contributed by atoms with van der Waals surface area (Å²) in [6.07, 6.45) is 1.75. The summed E-state index contributed by atoms with van der Waals surface area (Å²) in [6.45, 7) is 3.64. The molecule has 0 bridgehead atoms. The van der Waals surface area contributed by atoms with E-state index in [2.05, 4.69) is 20.4 Å². The SMILES string of the molecule is Cc1ccc(C(=O)NC2CCN(c3ccc(-c4ccc(F)cc4)nn3)CC2)s1. The number of thiophene rings is 1. The van der Waals surface area contributed by atoms with E-state index in [1.54, 1.807) is 12.1 Å². The molecule has 0 aliphatic carbocycles. The smallest absolute Gasteiger partial charge is 0.261 e. The first-order chi connectivity index (χ1) is 13.6. The van der Waals surface area contributed by atoms with Crippen LogP contribution in [0.5, 0.6) is 0 Å². The zero-order valence-corrected chi connectivity index (χ0v) is 16.4. The van der Waals surface area contributed by atoms with Gasteiger partial charge in [0.2, 0.25) is 0 Å². The van der Waals surface area contributed by atoms with E-state index in [4.69, 9.17) is 0 Å². The zero-order valence-electron chi connectivity index (χ0n) is 15.6. The Kier molecular flexibility index (Phi) is 5.34. The van der Waals surface area contributed by atoms with Crippen LogP contribution in [0.3, 0.4) is 0 Å². The molecule has 7 heteroatoms. The average Bonchev–Trinajstić information content (AvgIpc) is 3.16. The fourth-order valence-electron chi connectivity index (χ4n) is 3.33. The van der Waals surface area contributed by atoms with Crippen LogP contribution in [0.25, 0.3) is 11.3 Å². The molecule has 1 aliphatic heterocycles. The molecule has 0 atom stereocenters. The number of aromatic nitrogens is 2. The van der Waals surface area contributed by atoms with Gasteiger partial charge in [0.1, 0.15) is 5.82 Å². The third-order valence-corrected chi connectivity index (χ3v) is 5.91. The summed E-state index contributed by atoms with van der Waals surface area (Å²) in [5.74, 6) is 0.571. The first-order valence-electron chi connectivity index (χ1n) is 9.30. The molecule has 1 aliphatic rings. The van der Waals surface area contributed by atoms with Crippen molar-refractivity contribution in [2.45, 2.75) is 25.8 Å². The Morgan fingerprint density at radius 2 is 1.82 bits per heavy atom. The second-order valence-corrected chi connectivity index (χ2v) is 8.22. The van der Waals surface area contributed by atoms with Gasteiger partial charge in [-0.15, -0.1) is 21.5 Å². The van der Waals surface area contributed by atoms with Gasteiger partial charge in [-0.2, -0.15) is 0 Å². The lowest BCUT2D eigenvalue weighted by Crippen LogP contribution is -2.44. The van der Waals surface area contributed by atoms with E-state index in [-0.39, 0.29) is 17.8 Å². The van der Waals surface area contributed by atoms with Crippen molar-refractivity contribution in [2.24, 2.45) is 0 Å².